The maximum atomic E-state index is 12.0. The second kappa shape index (κ2) is 6.79. The molecule has 1 aliphatic rings. The van der Waals surface area contributed by atoms with Crippen LogP contribution in [0, 0.1) is 0 Å². The van der Waals surface area contributed by atoms with Gasteiger partial charge >= 0.3 is 6.03 Å². The number of nitrogens with two attached hydrogens (primary N) is 1. The fourth-order valence-corrected chi connectivity index (χ4v) is 2.25. The number of hydrogen-bond donors (Lipinski definition) is 3. The summed E-state index contributed by atoms with van der Waals surface area (Å²) in [4.78, 5) is 13.9. The van der Waals surface area contributed by atoms with Crippen molar-refractivity contribution in [3.8, 4) is 0 Å². The van der Waals surface area contributed by atoms with E-state index in [9.17, 15) is 4.79 Å². The van der Waals surface area contributed by atoms with Crippen LogP contribution in [0.15, 0.2) is 29.4 Å². The smallest absolute Gasteiger partial charge is 0.321 e. The molecular weight excluding hydrogens is 256 g/mol. The van der Waals surface area contributed by atoms with Crippen molar-refractivity contribution < 1.29 is 10.0 Å². The molecule has 1 aromatic carbocycles. The van der Waals surface area contributed by atoms with Crippen molar-refractivity contribution in [2.75, 3.05) is 18.4 Å². The summed E-state index contributed by atoms with van der Waals surface area (Å²) in [7, 11) is 0. The molecule has 2 amide bonds. The summed E-state index contributed by atoms with van der Waals surface area (Å²) in [5.41, 5.74) is 7.13. The molecule has 1 aliphatic heterocycles. The maximum absolute atomic E-state index is 12.0. The van der Waals surface area contributed by atoms with Crippen LogP contribution in [-0.4, -0.2) is 35.1 Å². The topological polar surface area (TPSA) is 91.0 Å². The molecule has 0 saturated carbocycles. The highest BCUT2D eigenvalue weighted by Gasteiger charge is 2.16. The van der Waals surface area contributed by atoms with E-state index in [1.54, 1.807) is 0 Å². The number of hydrogen-bond acceptors (Lipinski definition) is 3. The zero-order valence-corrected chi connectivity index (χ0v) is 11.4. The number of benzene rings is 1. The van der Waals surface area contributed by atoms with Gasteiger partial charge in [-0.2, -0.15) is 0 Å². The van der Waals surface area contributed by atoms with Gasteiger partial charge in [0.25, 0.3) is 0 Å². The van der Waals surface area contributed by atoms with Gasteiger partial charge < -0.3 is 21.2 Å². The molecule has 4 N–H and O–H groups in total. The number of urea groups is 1. The second-order valence-corrected chi connectivity index (χ2v) is 4.94. The van der Waals surface area contributed by atoms with Crippen LogP contribution in [0.5, 0.6) is 0 Å². The fraction of sp³-hybridized carbons (Fsp3) is 0.429. The predicted molar refractivity (Wildman–Crippen MR) is 78.0 cm³/mol. The summed E-state index contributed by atoms with van der Waals surface area (Å²) in [5, 5.41) is 14.3. The van der Waals surface area contributed by atoms with E-state index in [2.05, 4.69) is 10.5 Å². The van der Waals surface area contributed by atoms with Crippen molar-refractivity contribution in [2.24, 2.45) is 10.9 Å². The SMILES string of the molecule is NC(Cc1ccc(NC(=O)N2CCCCC2)cc1)=NO. The third-order valence-corrected chi connectivity index (χ3v) is 3.36. The number of amidine groups is 1. The van der Waals surface area contributed by atoms with E-state index in [1.165, 1.54) is 6.42 Å². The lowest BCUT2D eigenvalue weighted by molar-refractivity contribution is 0.200. The van der Waals surface area contributed by atoms with Crippen LogP contribution in [0.2, 0.25) is 0 Å². The van der Waals surface area contributed by atoms with E-state index in [1.807, 2.05) is 29.2 Å². The summed E-state index contributed by atoms with van der Waals surface area (Å²) < 4.78 is 0. The van der Waals surface area contributed by atoms with Gasteiger partial charge in [-0.25, -0.2) is 4.79 Å². The number of anilines is 1. The highest BCUT2D eigenvalue weighted by atomic mass is 16.4. The zero-order valence-electron chi connectivity index (χ0n) is 11.4. The van der Waals surface area contributed by atoms with E-state index in [-0.39, 0.29) is 11.9 Å². The first kappa shape index (κ1) is 14.2. The third-order valence-electron chi connectivity index (χ3n) is 3.36. The Morgan fingerprint density at radius 1 is 1.25 bits per heavy atom. The Kier molecular flexibility index (Phi) is 4.81. The maximum Gasteiger partial charge on any atom is 0.321 e. The number of nitrogens with one attached hydrogen (secondary N) is 1. The van der Waals surface area contributed by atoms with E-state index in [0.717, 1.165) is 37.2 Å². The molecule has 6 nitrogen and oxygen atoms in total. The largest absolute Gasteiger partial charge is 0.409 e. The fourth-order valence-electron chi connectivity index (χ4n) is 2.25. The lowest BCUT2D eigenvalue weighted by Gasteiger charge is -2.26. The minimum atomic E-state index is -0.0473. The van der Waals surface area contributed by atoms with Crippen molar-refractivity contribution in [1.29, 1.82) is 0 Å². The second-order valence-electron chi connectivity index (χ2n) is 4.94. The van der Waals surface area contributed by atoms with Gasteiger partial charge in [0.2, 0.25) is 0 Å². The molecule has 1 saturated heterocycles. The van der Waals surface area contributed by atoms with E-state index < -0.39 is 0 Å². The van der Waals surface area contributed by atoms with Crippen LogP contribution in [0.1, 0.15) is 24.8 Å². The quantitative estimate of drug-likeness (QED) is 0.341. The minimum Gasteiger partial charge on any atom is -0.409 e. The average Bonchev–Trinajstić information content (AvgIpc) is 2.50. The van der Waals surface area contributed by atoms with Crippen LogP contribution in [-0.2, 0) is 6.42 Å². The van der Waals surface area contributed by atoms with Gasteiger partial charge in [-0.15, -0.1) is 0 Å². The van der Waals surface area contributed by atoms with Crippen LogP contribution in [0.3, 0.4) is 0 Å². The molecule has 2 rings (SSSR count). The number of carbonyl (C=O) groups is 1. The first-order valence-electron chi connectivity index (χ1n) is 6.80. The monoisotopic (exact) mass is 276 g/mol. The molecule has 0 unspecified atom stereocenters. The number of likely N-dealkylation sites (tertiary alicyclic amines) is 1. The molecule has 0 spiro atoms. The molecule has 1 aromatic rings. The molecule has 1 fully saturated rings. The van der Waals surface area contributed by atoms with Gasteiger partial charge in [-0.3, -0.25) is 0 Å². The lowest BCUT2D eigenvalue weighted by atomic mass is 10.1. The van der Waals surface area contributed by atoms with Gasteiger partial charge in [0.1, 0.15) is 5.84 Å². The van der Waals surface area contributed by atoms with Crippen LogP contribution in [0.25, 0.3) is 0 Å². The Labute approximate surface area is 118 Å². The van der Waals surface area contributed by atoms with E-state index >= 15 is 0 Å². The Bertz CT molecular complexity index is 478. The highest BCUT2D eigenvalue weighted by Crippen LogP contribution is 2.13. The first-order chi connectivity index (χ1) is 9.69. The van der Waals surface area contributed by atoms with E-state index in [4.69, 9.17) is 10.9 Å². The zero-order chi connectivity index (χ0) is 14.4. The van der Waals surface area contributed by atoms with Gasteiger partial charge in [-0.05, 0) is 37.0 Å². The molecule has 20 heavy (non-hydrogen) atoms. The van der Waals surface area contributed by atoms with Gasteiger partial charge in [-0.1, -0.05) is 17.3 Å². The number of piperidine rings is 1. The molecule has 1 heterocycles. The number of rotatable bonds is 3. The molecule has 6 heteroatoms. The summed E-state index contributed by atoms with van der Waals surface area (Å²) in [6, 6.07) is 7.30. The van der Waals surface area contributed by atoms with E-state index in [0.29, 0.717) is 6.42 Å². The standard InChI is InChI=1S/C14H20N4O2/c15-13(17-20)10-11-4-6-12(7-5-11)16-14(19)18-8-2-1-3-9-18/h4-7,20H,1-3,8-10H2,(H2,15,17)(H,16,19). The van der Waals surface area contributed by atoms with Crippen molar-refractivity contribution in [3.05, 3.63) is 29.8 Å². The number of carbonyl (C=O) groups excluding carboxylic acids is 1. The van der Waals surface area contributed by atoms with Crippen LogP contribution >= 0.6 is 0 Å². The van der Waals surface area contributed by atoms with Crippen molar-refractivity contribution in [3.63, 3.8) is 0 Å². The number of oxime groups is 1. The van der Waals surface area contributed by atoms with Crippen molar-refractivity contribution in [1.82, 2.24) is 4.90 Å². The summed E-state index contributed by atoms with van der Waals surface area (Å²) in [6.07, 6.45) is 3.74. The lowest BCUT2D eigenvalue weighted by Crippen LogP contribution is -2.38. The molecule has 0 atom stereocenters. The van der Waals surface area contributed by atoms with Gasteiger partial charge in [0.05, 0.1) is 0 Å². The summed E-state index contributed by atoms with van der Waals surface area (Å²) in [6.45, 7) is 1.65. The molecule has 0 bridgehead atoms. The molecule has 0 radical (unpaired) electrons. The summed E-state index contributed by atoms with van der Waals surface area (Å²) in [5.74, 6) is 0.162. The Balaban J connectivity index is 1.91. The molecule has 108 valence electrons. The highest BCUT2D eigenvalue weighted by molar-refractivity contribution is 5.89. The number of amides is 2. The predicted octanol–water partition coefficient (Wildman–Crippen LogP) is 1.99. The van der Waals surface area contributed by atoms with Gasteiger partial charge in [0, 0.05) is 25.2 Å². The van der Waals surface area contributed by atoms with Crippen molar-refractivity contribution in [2.45, 2.75) is 25.7 Å². The molecule has 0 aromatic heterocycles. The molecule has 0 aliphatic carbocycles. The third kappa shape index (κ3) is 3.88. The van der Waals surface area contributed by atoms with Crippen molar-refractivity contribution >= 4 is 17.6 Å². The Morgan fingerprint density at radius 2 is 1.90 bits per heavy atom. The molecular formula is C14H20N4O2. The number of nitrogens with zero attached hydrogens (tertiary/aromatic N) is 2. The van der Waals surface area contributed by atoms with Crippen LogP contribution in [0.4, 0.5) is 10.5 Å². The Hall–Kier alpha value is -2.24. The normalized spacial score (nSPS) is 16.0. The first-order valence-corrected chi connectivity index (χ1v) is 6.80. The van der Waals surface area contributed by atoms with Gasteiger partial charge in [0.15, 0.2) is 0 Å². The average molecular weight is 276 g/mol. The van der Waals surface area contributed by atoms with Crippen LogP contribution < -0.4 is 11.1 Å². The minimum absolute atomic E-state index is 0.0473. The summed E-state index contributed by atoms with van der Waals surface area (Å²) >= 11 is 0. The Morgan fingerprint density at radius 3 is 2.50 bits per heavy atom.